The molecule has 0 aliphatic rings. The van der Waals surface area contributed by atoms with Gasteiger partial charge in [0.2, 0.25) is 5.91 Å². The highest BCUT2D eigenvalue weighted by molar-refractivity contribution is 6.01. The lowest BCUT2D eigenvalue weighted by atomic mass is 10.1. The maximum atomic E-state index is 12.1. The summed E-state index contributed by atoms with van der Waals surface area (Å²) in [6, 6.07) is 14.6. The van der Waals surface area contributed by atoms with Gasteiger partial charge in [-0.05, 0) is 43.7 Å². The van der Waals surface area contributed by atoms with Crippen LogP contribution in [0.5, 0.6) is 0 Å². The van der Waals surface area contributed by atoms with E-state index >= 15 is 0 Å². The fourth-order valence-corrected chi connectivity index (χ4v) is 2.01. The van der Waals surface area contributed by atoms with Gasteiger partial charge >= 0.3 is 0 Å². The first-order valence-corrected chi connectivity index (χ1v) is 7.81. The molecular weight excluding hydrogens is 302 g/mol. The van der Waals surface area contributed by atoms with Crippen LogP contribution < -0.4 is 10.7 Å². The van der Waals surface area contributed by atoms with Crippen molar-refractivity contribution in [1.29, 1.82) is 0 Å². The summed E-state index contributed by atoms with van der Waals surface area (Å²) in [6.45, 7) is 5.64. The van der Waals surface area contributed by atoms with E-state index in [1.807, 2.05) is 38.1 Å². The van der Waals surface area contributed by atoms with Gasteiger partial charge in [0.15, 0.2) is 0 Å². The maximum Gasteiger partial charge on any atom is 0.271 e. The smallest absolute Gasteiger partial charge is 0.271 e. The Bertz CT molecular complexity index is 747. The highest BCUT2D eigenvalue weighted by Crippen LogP contribution is 2.10. The molecule has 0 unspecified atom stereocenters. The van der Waals surface area contributed by atoms with Gasteiger partial charge in [-0.15, -0.1) is 0 Å². The normalized spacial score (nSPS) is 11.0. The number of hydrogen-bond donors (Lipinski definition) is 2. The van der Waals surface area contributed by atoms with Crippen LogP contribution in [0.15, 0.2) is 53.6 Å². The van der Waals surface area contributed by atoms with Crippen molar-refractivity contribution in [2.75, 3.05) is 5.32 Å². The van der Waals surface area contributed by atoms with Crippen LogP contribution in [0.25, 0.3) is 0 Å². The Kier molecular flexibility index (Phi) is 5.84. The minimum atomic E-state index is -0.296. The van der Waals surface area contributed by atoms with Gasteiger partial charge in [-0.1, -0.05) is 36.8 Å². The fourth-order valence-electron chi connectivity index (χ4n) is 2.01. The quantitative estimate of drug-likeness (QED) is 0.653. The number of hydrazone groups is 1. The van der Waals surface area contributed by atoms with Crippen LogP contribution in [0, 0.1) is 6.92 Å². The Morgan fingerprint density at radius 3 is 2.12 bits per heavy atom. The van der Waals surface area contributed by atoms with E-state index in [1.165, 1.54) is 5.56 Å². The van der Waals surface area contributed by atoms with Gasteiger partial charge in [0.25, 0.3) is 5.91 Å². The first-order chi connectivity index (χ1) is 11.5. The number of benzene rings is 2. The van der Waals surface area contributed by atoms with E-state index in [-0.39, 0.29) is 11.8 Å². The third kappa shape index (κ3) is 4.78. The minimum absolute atomic E-state index is 0.0643. The second-order valence-electron chi connectivity index (χ2n) is 5.48. The van der Waals surface area contributed by atoms with Gasteiger partial charge in [0, 0.05) is 17.7 Å². The molecule has 0 saturated heterocycles. The Morgan fingerprint density at radius 1 is 0.958 bits per heavy atom. The van der Waals surface area contributed by atoms with Crippen molar-refractivity contribution in [3.63, 3.8) is 0 Å². The zero-order valence-corrected chi connectivity index (χ0v) is 14.1. The molecule has 0 radical (unpaired) electrons. The van der Waals surface area contributed by atoms with Crippen LogP contribution in [-0.2, 0) is 4.79 Å². The molecule has 2 aromatic rings. The van der Waals surface area contributed by atoms with E-state index in [9.17, 15) is 9.59 Å². The van der Waals surface area contributed by atoms with Crippen molar-refractivity contribution in [3.8, 4) is 0 Å². The Labute approximate surface area is 141 Å². The average Bonchev–Trinajstić information content (AvgIpc) is 2.60. The molecule has 0 spiro atoms. The van der Waals surface area contributed by atoms with Crippen LogP contribution in [0.3, 0.4) is 0 Å². The molecule has 5 nitrogen and oxygen atoms in total. The van der Waals surface area contributed by atoms with Crippen LogP contribution in [0.4, 0.5) is 5.69 Å². The van der Waals surface area contributed by atoms with Gasteiger partial charge in [-0.3, -0.25) is 9.59 Å². The van der Waals surface area contributed by atoms with E-state index < -0.39 is 0 Å². The number of nitrogens with one attached hydrogen (secondary N) is 2. The number of carbonyl (C=O) groups is 2. The van der Waals surface area contributed by atoms with E-state index in [4.69, 9.17) is 0 Å². The summed E-state index contributed by atoms with van der Waals surface area (Å²) < 4.78 is 0. The third-order valence-corrected chi connectivity index (χ3v) is 3.55. The predicted octanol–water partition coefficient (Wildman–Crippen LogP) is 3.50. The summed E-state index contributed by atoms with van der Waals surface area (Å²) in [5.41, 5.74) is 6.55. The van der Waals surface area contributed by atoms with E-state index in [2.05, 4.69) is 15.8 Å². The zero-order valence-electron chi connectivity index (χ0n) is 14.1. The summed E-state index contributed by atoms with van der Waals surface area (Å²) in [7, 11) is 0. The first kappa shape index (κ1) is 17.4. The number of amides is 2. The molecule has 0 bridgehead atoms. The molecule has 0 aromatic heterocycles. The number of rotatable bonds is 5. The molecule has 0 fully saturated rings. The maximum absolute atomic E-state index is 12.1. The largest absolute Gasteiger partial charge is 0.326 e. The molecule has 5 heteroatoms. The molecule has 124 valence electrons. The number of aryl methyl sites for hydroxylation is 1. The lowest BCUT2D eigenvalue weighted by Crippen LogP contribution is -2.19. The van der Waals surface area contributed by atoms with Gasteiger partial charge in [-0.2, -0.15) is 5.10 Å². The second-order valence-corrected chi connectivity index (χ2v) is 5.48. The fraction of sp³-hybridized carbons (Fsp3) is 0.211. The van der Waals surface area contributed by atoms with Gasteiger partial charge in [-0.25, -0.2) is 5.43 Å². The van der Waals surface area contributed by atoms with Crippen molar-refractivity contribution in [2.45, 2.75) is 27.2 Å². The van der Waals surface area contributed by atoms with Crippen LogP contribution >= 0.6 is 0 Å². The third-order valence-electron chi connectivity index (χ3n) is 3.55. The van der Waals surface area contributed by atoms with Crippen molar-refractivity contribution in [3.05, 3.63) is 65.2 Å². The molecular formula is C19H21N3O2. The Morgan fingerprint density at radius 2 is 1.54 bits per heavy atom. The summed E-state index contributed by atoms with van der Waals surface area (Å²) in [4.78, 5) is 23.4. The van der Waals surface area contributed by atoms with Crippen molar-refractivity contribution in [2.24, 2.45) is 5.10 Å². The van der Waals surface area contributed by atoms with Crippen LogP contribution in [0.2, 0.25) is 0 Å². The Balaban J connectivity index is 2.00. The van der Waals surface area contributed by atoms with Gasteiger partial charge < -0.3 is 5.32 Å². The van der Waals surface area contributed by atoms with Crippen molar-refractivity contribution < 1.29 is 9.59 Å². The zero-order chi connectivity index (χ0) is 17.5. The average molecular weight is 323 g/mol. The highest BCUT2D eigenvalue weighted by atomic mass is 16.2. The first-order valence-electron chi connectivity index (χ1n) is 7.81. The summed E-state index contributed by atoms with van der Waals surface area (Å²) in [5, 5.41) is 6.87. The topological polar surface area (TPSA) is 70.6 Å². The number of anilines is 1. The van der Waals surface area contributed by atoms with Crippen molar-refractivity contribution in [1.82, 2.24) is 5.43 Å². The van der Waals surface area contributed by atoms with Crippen LogP contribution in [-0.4, -0.2) is 17.5 Å². The molecule has 2 amide bonds. The predicted molar refractivity (Wildman–Crippen MR) is 96.2 cm³/mol. The minimum Gasteiger partial charge on any atom is -0.326 e. The number of hydrogen-bond acceptors (Lipinski definition) is 3. The standard InChI is InChI=1S/C19H21N3O2/c1-4-18(23)20-17-11-9-16(10-12-17)19(24)22-21-14(3)15-7-5-13(2)6-8-15/h5-12H,4H2,1-3H3,(H,20,23)(H,22,24)/b21-14+. The number of nitrogens with zero attached hydrogens (tertiary/aromatic N) is 1. The Hall–Kier alpha value is -2.95. The highest BCUT2D eigenvalue weighted by Gasteiger charge is 2.06. The summed E-state index contributed by atoms with van der Waals surface area (Å²) in [5.74, 6) is -0.361. The number of carbonyl (C=O) groups excluding carboxylic acids is 2. The molecule has 0 saturated carbocycles. The van der Waals surface area contributed by atoms with Gasteiger partial charge in [0.05, 0.1) is 5.71 Å². The molecule has 0 atom stereocenters. The van der Waals surface area contributed by atoms with Crippen LogP contribution in [0.1, 0.15) is 41.8 Å². The second kappa shape index (κ2) is 8.06. The lowest BCUT2D eigenvalue weighted by molar-refractivity contribution is -0.115. The lowest BCUT2D eigenvalue weighted by Gasteiger charge is -2.06. The van der Waals surface area contributed by atoms with Gasteiger partial charge in [0.1, 0.15) is 0 Å². The summed E-state index contributed by atoms with van der Waals surface area (Å²) in [6.07, 6.45) is 0.412. The molecule has 0 aliphatic carbocycles. The molecule has 2 rings (SSSR count). The SMILES string of the molecule is CCC(=O)Nc1ccc(C(=O)N/N=C(\C)c2ccc(C)cc2)cc1. The molecule has 2 aromatic carbocycles. The molecule has 2 N–H and O–H groups in total. The molecule has 24 heavy (non-hydrogen) atoms. The van der Waals surface area contributed by atoms with E-state index in [0.717, 1.165) is 11.3 Å². The van der Waals surface area contributed by atoms with E-state index in [0.29, 0.717) is 17.7 Å². The monoisotopic (exact) mass is 323 g/mol. The summed E-state index contributed by atoms with van der Waals surface area (Å²) >= 11 is 0. The molecule has 0 aliphatic heterocycles. The van der Waals surface area contributed by atoms with E-state index in [1.54, 1.807) is 31.2 Å². The molecule has 0 heterocycles. The van der Waals surface area contributed by atoms with Crippen molar-refractivity contribution >= 4 is 23.2 Å².